The number of nitriles is 1. The molecule has 2 fully saturated rings. The highest BCUT2D eigenvalue weighted by Gasteiger charge is 2.60. The molecule has 4 heteroatoms. The van der Waals surface area contributed by atoms with E-state index in [1.54, 1.807) is 6.20 Å². The molecule has 1 aliphatic heterocycles. The summed E-state index contributed by atoms with van der Waals surface area (Å²) in [5.41, 5.74) is 0.294. The molecule has 0 spiro atoms. The molecule has 1 saturated heterocycles. The number of nitrogens with zero attached hydrogens (tertiary/aromatic N) is 1. The summed E-state index contributed by atoms with van der Waals surface area (Å²) in [5.74, 6) is -0.0142. The van der Waals surface area contributed by atoms with Crippen molar-refractivity contribution in [3.63, 3.8) is 0 Å². The van der Waals surface area contributed by atoms with Crippen LogP contribution in [0.25, 0.3) is 0 Å². The van der Waals surface area contributed by atoms with E-state index in [2.05, 4.69) is 19.2 Å². The topological polar surface area (TPSA) is 62.1 Å². The Labute approximate surface area is 102 Å². The molecule has 2 bridgehead atoms. The van der Waals surface area contributed by atoms with Crippen LogP contribution in [0.5, 0.6) is 0 Å². The standard InChI is InChI=1S/C13H18N2O2/c1-12(2)10-4-5-13(12,3)17-11(16)9(10)8-15-7-6-14/h8,10,15H,4-5,7H2,1-3H3/b9-8+/t10-,13-/m1/s1. The van der Waals surface area contributed by atoms with E-state index in [1.807, 2.05) is 13.0 Å². The Morgan fingerprint density at radius 1 is 1.59 bits per heavy atom. The number of esters is 1. The van der Waals surface area contributed by atoms with E-state index in [4.69, 9.17) is 10.00 Å². The number of nitrogens with one attached hydrogen (secondary N) is 1. The third-order valence-electron chi connectivity index (χ3n) is 4.51. The predicted molar refractivity (Wildman–Crippen MR) is 62.7 cm³/mol. The molecule has 2 atom stereocenters. The second-order valence-electron chi connectivity index (χ2n) is 5.57. The summed E-state index contributed by atoms with van der Waals surface area (Å²) in [6.07, 6.45) is 3.53. The molecule has 2 aliphatic rings. The van der Waals surface area contributed by atoms with Crippen molar-refractivity contribution in [3.05, 3.63) is 11.8 Å². The molecule has 1 N–H and O–H groups in total. The molecule has 1 saturated carbocycles. The summed E-state index contributed by atoms with van der Waals surface area (Å²) in [5, 5.41) is 11.3. The van der Waals surface area contributed by atoms with Gasteiger partial charge in [0.1, 0.15) is 12.1 Å². The van der Waals surface area contributed by atoms with Crippen molar-refractivity contribution in [2.24, 2.45) is 11.3 Å². The van der Waals surface area contributed by atoms with Crippen molar-refractivity contribution in [1.82, 2.24) is 5.32 Å². The fourth-order valence-corrected chi connectivity index (χ4v) is 2.97. The predicted octanol–water partition coefficient (Wildman–Crippen LogP) is 1.74. The molecule has 2 rings (SSSR count). The number of ether oxygens (including phenoxy) is 1. The van der Waals surface area contributed by atoms with Crippen molar-refractivity contribution < 1.29 is 9.53 Å². The molecule has 0 amide bonds. The van der Waals surface area contributed by atoms with Crippen LogP contribution in [-0.4, -0.2) is 18.1 Å². The summed E-state index contributed by atoms with van der Waals surface area (Å²) in [6.45, 7) is 6.52. The first-order chi connectivity index (χ1) is 7.92. The minimum atomic E-state index is -0.346. The van der Waals surface area contributed by atoms with Crippen LogP contribution in [0.15, 0.2) is 11.8 Å². The minimum absolute atomic E-state index is 0.0406. The van der Waals surface area contributed by atoms with E-state index < -0.39 is 0 Å². The maximum atomic E-state index is 11.9. The average Bonchev–Trinajstić information content (AvgIpc) is 2.40. The van der Waals surface area contributed by atoms with E-state index in [0.717, 1.165) is 12.8 Å². The molecular weight excluding hydrogens is 216 g/mol. The highest BCUT2D eigenvalue weighted by Crippen LogP contribution is 2.58. The zero-order valence-corrected chi connectivity index (χ0v) is 10.5. The van der Waals surface area contributed by atoms with Crippen LogP contribution in [0, 0.1) is 22.7 Å². The first kappa shape index (κ1) is 12.0. The molecule has 17 heavy (non-hydrogen) atoms. The quantitative estimate of drug-likeness (QED) is 0.342. The smallest absolute Gasteiger partial charge is 0.336 e. The second-order valence-corrected chi connectivity index (χ2v) is 5.57. The van der Waals surface area contributed by atoms with E-state index in [0.29, 0.717) is 5.57 Å². The first-order valence-electron chi connectivity index (χ1n) is 5.96. The minimum Gasteiger partial charge on any atom is -0.455 e. The molecular formula is C13H18N2O2. The average molecular weight is 234 g/mol. The van der Waals surface area contributed by atoms with Gasteiger partial charge in [-0.15, -0.1) is 0 Å². The molecule has 1 aliphatic carbocycles. The lowest BCUT2D eigenvalue weighted by molar-refractivity contribution is -0.172. The van der Waals surface area contributed by atoms with Gasteiger partial charge in [0.15, 0.2) is 0 Å². The van der Waals surface area contributed by atoms with Gasteiger partial charge in [-0.25, -0.2) is 4.79 Å². The summed E-state index contributed by atoms with van der Waals surface area (Å²) < 4.78 is 5.59. The van der Waals surface area contributed by atoms with Gasteiger partial charge in [-0.05, 0) is 19.8 Å². The molecule has 4 nitrogen and oxygen atoms in total. The number of fused-ring (bicyclic) bond motifs is 2. The zero-order valence-electron chi connectivity index (χ0n) is 10.5. The summed E-state index contributed by atoms with van der Waals surface area (Å²) in [4.78, 5) is 11.9. The van der Waals surface area contributed by atoms with Crippen molar-refractivity contribution in [2.45, 2.75) is 39.2 Å². The van der Waals surface area contributed by atoms with Crippen LogP contribution in [0.1, 0.15) is 33.6 Å². The normalized spacial score (nSPS) is 36.5. The molecule has 1 heterocycles. The highest BCUT2D eigenvalue weighted by atomic mass is 16.6. The monoisotopic (exact) mass is 234 g/mol. The molecule has 0 aromatic carbocycles. The van der Waals surface area contributed by atoms with Crippen LogP contribution in [0.3, 0.4) is 0 Å². The molecule has 92 valence electrons. The Morgan fingerprint density at radius 2 is 2.29 bits per heavy atom. The molecule has 0 unspecified atom stereocenters. The fourth-order valence-electron chi connectivity index (χ4n) is 2.97. The lowest BCUT2D eigenvalue weighted by atomic mass is 9.69. The first-order valence-corrected chi connectivity index (χ1v) is 5.96. The van der Waals surface area contributed by atoms with Gasteiger partial charge < -0.3 is 10.1 Å². The third kappa shape index (κ3) is 1.61. The van der Waals surface area contributed by atoms with Gasteiger partial charge in [0, 0.05) is 17.5 Å². The van der Waals surface area contributed by atoms with Crippen LogP contribution in [0.4, 0.5) is 0 Å². The molecule has 0 aromatic heterocycles. The highest BCUT2D eigenvalue weighted by molar-refractivity contribution is 5.91. The van der Waals surface area contributed by atoms with Crippen LogP contribution < -0.4 is 5.32 Å². The maximum absolute atomic E-state index is 11.9. The van der Waals surface area contributed by atoms with Crippen molar-refractivity contribution >= 4 is 5.97 Å². The summed E-state index contributed by atoms with van der Waals surface area (Å²) >= 11 is 0. The number of carbonyl (C=O) groups is 1. The van der Waals surface area contributed by atoms with Gasteiger partial charge >= 0.3 is 5.97 Å². The van der Waals surface area contributed by atoms with E-state index >= 15 is 0 Å². The van der Waals surface area contributed by atoms with Gasteiger partial charge in [0.2, 0.25) is 0 Å². The second kappa shape index (κ2) is 3.76. The number of carbonyl (C=O) groups excluding carboxylic acids is 1. The number of rotatable bonds is 2. The summed E-state index contributed by atoms with van der Waals surface area (Å²) in [6, 6.07) is 1.99. The molecule has 0 aromatic rings. The van der Waals surface area contributed by atoms with E-state index in [1.165, 1.54) is 0 Å². The Morgan fingerprint density at radius 3 is 2.94 bits per heavy atom. The lowest BCUT2D eigenvalue weighted by Crippen LogP contribution is -2.49. The van der Waals surface area contributed by atoms with Gasteiger partial charge in [0.05, 0.1) is 11.6 Å². The van der Waals surface area contributed by atoms with Gasteiger partial charge in [0.25, 0.3) is 0 Å². The van der Waals surface area contributed by atoms with Crippen LogP contribution >= 0.6 is 0 Å². The molecule has 0 radical (unpaired) electrons. The Kier molecular flexibility index (Phi) is 2.65. The van der Waals surface area contributed by atoms with Gasteiger partial charge in [-0.3, -0.25) is 0 Å². The van der Waals surface area contributed by atoms with Crippen LogP contribution in [-0.2, 0) is 9.53 Å². The maximum Gasteiger partial charge on any atom is 0.336 e. The van der Waals surface area contributed by atoms with Crippen molar-refractivity contribution in [1.29, 1.82) is 5.26 Å². The third-order valence-corrected chi connectivity index (χ3v) is 4.51. The van der Waals surface area contributed by atoms with Crippen LogP contribution in [0.2, 0.25) is 0 Å². The van der Waals surface area contributed by atoms with Crippen molar-refractivity contribution in [3.8, 4) is 6.07 Å². The van der Waals surface area contributed by atoms with Gasteiger partial charge in [-0.1, -0.05) is 13.8 Å². The van der Waals surface area contributed by atoms with E-state index in [-0.39, 0.29) is 29.4 Å². The number of hydrogen-bond donors (Lipinski definition) is 1. The van der Waals surface area contributed by atoms with Gasteiger partial charge in [-0.2, -0.15) is 5.26 Å². The Bertz CT molecular complexity index is 420. The Balaban J connectivity index is 2.29. The lowest BCUT2D eigenvalue weighted by Gasteiger charge is -2.45. The largest absolute Gasteiger partial charge is 0.455 e. The van der Waals surface area contributed by atoms with E-state index in [9.17, 15) is 4.79 Å². The Hall–Kier alpha value is -1.50. The fraction of sp³-hybridized carbons (Fsp3) is 0.692. The summed E-state index contributed by atoms with van der Waals surface area (Å²) in [7, 11) is 0. The SMILES string of the molecule is CC1(C)[C@@H]2CC[C@@]1(C)OC(=O)/C2=C/NCC#N. The zero-order chi connectivity index (χ0) is 12.7. The number of hydrogen-bond acceptors (Lipinski definition) is 4. The van der Waals surface area contributed by atoms with Crippen molar-refractivity contribution in [2.75, 3.05) is 6.54 Å².